The monoisotopic (exact) mass is 459 g/mol. The minimum Gasteiger partial charge on any atom is -0.406 e. The highest BCUT2D eigenvalue weighted by atomic mass is 32.2. The van der Waals surface area contributed by atoms with Gasteiger partial charge in [-0.1, -0.05) is 13.0 Å². The summed E-state index contributed by atoms with van der Waals surface area (Å²) in [7, 11) is -4.16. The van der Waals surface area contributed by atoms with E-state index in [1.165, 1.54) is 31.2 Å². The number of alkyl halides is 3. The first-order chi connectivity index (χ1) is 14.4. The van der Waals surface area contributed by atoms with Crippen LogP contribution in [0.4, 0.5) is 18.9 Å². The second kappa shape index (κ2) is 9.79. The Morgan fingerprint density at radius 2 is 1.77 bits per heavy atom. The van der Waals surface area contributed by atoms with E-state index in [2.05, 4.69) is 10.1 Å². The van der Waals surface area contributed by atoms with Gasteiger partial charge in [-0.05, 0) is 36.4 Å². The maximum Gasteiger partial charge on any atom is 0.573 e. The van der Waals surface area contributed by atoms with E-state index in [4.69, 9.17) is 5.73 Å². The number of rotatable bonds is 9. The first kappa shape index (κ1) is 24.2. The Morgan fingerprint density at radius 3 is 2.32 bits per heavy atom. The largest absolute Gasteiger partial charge is 0.573 e. The van der Waals surface area contributed by atoms with E-state index in [9.17, 15) is 31.2 Å². The molecule has 31 heavy (non-hydrogen) atoms. The van der Waals surface area contributed by atoms with E-state index in [1.807, 2.05) is 0 Å². The van der Waals surface area contributed by atoms with Crippen LogP contribution in [-0.2, 0) is 14.8 Å². The van der Waals surface area contributed by atoms with Crippen molar-refractivity contribution in [2.45, 2.75) is 24.6 Å². The molecule has 0 spiro atoms. The SMILES string of the molecule is CCN(CCC(=O)Nc1ccc(C(N)=O)cc1)S(=O)(=O)c1cccc(OC(F)(F)F)c1. The standard InChI is InChI=1S/C19H20F3N3O5S/c1-2-25(11-10-17(26)24-14-8-6-13(7-9-14)18(23)27)31(28,29)16-5-3-4-15(12-16)30-19(20,21)22/h3-9,12H,2,10-11H2,1H3,(H2,23,27)(H,24,26). The van der Waals surface area contributed by atoms with Crippen LogP contribution in [-0.4, -0.2) is 44.0 Å². The summed E-state index contributed by atoms with van der Waals surface area (Å²) in [5, 5.41) is 2.56. The molecular formula is C19H20F3N3O5S. The van der Waals surface area contributed by atoms with Crippen LogP contribution in [0.3, 0.4) is 0 Å². The molecule has 0 saturated heterocycles. The van der Waals surface area contributed by atoms with Gasteiger partial charge in [-0.2, -0.15) is 4.31 Å². The summed E-state index contributed by atoms with van der Waals surface area (Å²) in [6.45, 7) is 1.33. The van der Waals surface area contributed by atoms with E-state index >= 15 is 0 Å². The molecule has 2 aromatic rings. The molecule has 0 aliphatic heterocycles. The number of nitrogens with zero attached hydrogens (tertiary/aromatic N) is 1. The molecule has 2 rings (SSSR count). The summed E-state index contributed by atoms with van der Waals surface area (Å²) in [6, 6.07) is 9.82. The number of anilines is 1. The smallest absolute Gasteiger partial charge is 0.406 e. The van der Waals surface area contributed by atoms with Gasteiger partial charge in [0, 0.05) is 36.8 Å². The zero-order valence-electron chi connectivity index (χ0n) is 16.3. The van der Waals surface area contributed by atoms with Crippen LogP contribution in [0.25, 0.3) is 0 Å². The number of sulfonamides is 1. The number of ether oxygens (including phenoxy) is 1. The molecule has 0 aromatic heterocycles. The van der Waals surface area contributed by atoms with Crippen LogP contribution in [0.15, 0.2) is 53.4 Å². The van der Waals surface area contributed by atoms with Gasteiger partial charge in [-0.25, -0.2) is 8.42 Å². The van der Waals surface area contributed by atoms with Gasteiger partial charge in [0.1, 0.15) is 5.75 Å². The molecule has 8 nitrogen and oxygen atoms in total. The minimum absolute atomic E-state index is 0.00667. The predicted molar refractivity (Wildman–Crippen MR) is 106 cm³/mol. The molecule has 2 amide bonds. The van der Waals surface area contributed by atoms with Gasteiger partial charge < -0.3 is 15.8 Å². The molecule has 0 aliphatic carbocycles. The van der Waals surface area contributed by atoms with Crippen molar-refractivity contribution in [3.63, 3.8) is 0 Å². The average molecular weight is 459 g/mol. The molecule has 168 valence electrons. The fourth-order valence-electron chi connectivity index (χ4n) is 2.60. The number of primary amides is 1. The zero-order valence-corrected chi connectivity index (χ0v) is 17.2. The Bertz CT molecular complexity index is 1040. The molecule has 0 saturated carbocycles. The second-order valence-corrected chi connectivity index (χ2v) is 8.20. The lowest BCUT2D eigenvalue weighted by Gasteiger charge is -2.21. The molecule has 0 heterocycles. The highest BCUT2D eigenvalue weighted by Crippen LogP contribution is 2.26. The lowest BCUT2D eigenvalue weighted by atomic mass is 10.2. The number of nitrogens with one attached hydrogen (secondary N) is 1. The first-order valence-corrected chi connectivity index (χ1v) is 10.4. The Balaban J connectivity index is 2.05. The van der Waals surface area contributed by atoms with Crippen molar-refractivity contribution in [1.82, 2.24) is 4.31 Å². The summed E-state index contributed by atoms with van der Waals surface area (Å²) >= 11 is 0. The van der Waals surface area contributed by atoms with Crippen molar-refractivity contribution in [2.75, 3.05) is 18.4 Å². The van der Waals surface area contributed by atoms with Crippen LogP contribution in [0.5, 0.6) is 5.75 Å². The van der Waals surface area contributed by atoms with Crippen molar-refractivity contribution >= 4 is 27.5 Å². The topological polar surface area (TPSA) is 119 Å². The number of hydrogen-bond acceptors (Lipinski definition) is 5. The van der Waals surface area contributed by atoms with E-state index in [-0.39, 0.29) is 25.1 Å². The highest BCUT2D eigenvalue weighted by molar-refractivity contribution is 7.89. The van der Waals surface area contributed by atoms with Crippen molar-refractivity contribution in [3.05, 3.63) is 54.1 Å². The maximum atomic E-state index is 12.8. The lowest BCUT2D eigenvalue weighted by molar-refractivity contribution is -0.274. The van der Waals surface area contributed by atoms with Crippen molar-refractivity contribution < 1.29 is 35.9 Å². The van der Waals surface area contributed by atoms with Crippen LogP contribution in [0.2, 0.25) is 0 Å². The fourth-order valence-corrected chi connectivity index (χ4v) is 4.08. The molecule has 0 unspecified atom stereocenters. The fraction of sp³-hybridized carbons (Fsp3) is 0.263. The summed E-state index contributed by atoms with van der Waals surface area (Å²) in [5.41, 5.74) is 5.79. The second-order valence-electron chi connectivity index (χ2n) is 6.26. The van der Waals surface area contributed by atoms with Gasteiger partial charge in [-0.15, -0.1) is 13.2 Å². The van der Waals surface area contributed by atoms with Crippen LogP contribution in [0.1, 0.15) is 23.7 Å². The summed E-state index contributed by atoms with van der Waals surface area (Å²) in [6.07, 6.45) is -5.16. The molecule has 2 aromatic carbocycles. The van der Waals surface area contributed by atoms with Gasteiger partial charge >= 0.3 is 6.36 Å². The predicted octanol–water partition coefficient (Wildman–Crippen LogP) is 2.72. The van der Waals surface area contributed by atoms with Crippen LogP contribution < -0.4 is 15.8 Å². The third kappa shape index (κ3) is 6.96. The molecule has 0 fully saturated rings. The number of carbonyl (C=O) groups is 2. The number of amides is 2. The zero-order chi connectivity index (χ0) is 23.2. The Kier molecular flexibility index (Phi) is 7.63. The Morgan fingerprint density at radius 1 is 1.13 bits per heavy atom. The molecule has 12 heteroatoms. The normalized spacial score (nSPS) is 11.9. The van der Waals surface area contributed by atoms with E-state index < -0.39 is 38.8 Å². The van der Waals surface area contributed by atoms with Gasteiger partial charge in [0.25, 0.3) is 0 Å². The third-order valence-electron chi connectivity index (χ3n) is 4.07. The molecular weight excluding hydrogens is 439 g/mol. The van der Waals surface area contributed by atoms with Gasteiger partial charge in [0.15, 0.2) is 0 Å². The van der Waals surface area contributed by atoms with E-state index in [0.717, 1.165) is 28.6 Å². The van der Waals surface area contributed by atoms with Crippen LogP contribution >= 0.6 is 0 Å². The summed E-state index contributed by atoms with van der Waals surface area (Å²) < 4.78 is 67.4. The van der Waals surface area contributed by atoms with Crippen molar-refractivity contribution in [2.24, 2.45) is 5.73 Å². The molecule has 0 radical (unpaired) electrons. The van der Waals surface area contributed by atoms with Crippen molar-refractivity contribution in [3.8, 4) is 5.75 Å². The van der Waals surface area contributed by atoms with Gasteiger partial charge in [0.05, 0.1) is 4.90 Å². The third-order valence-corrected chi connectivity index (χ3v) is 6.04. The quantitative estimate of drug-likeness (QED) is 0.598. The minimum atomic E-state index is -4.96. The van der Waals surface area contributed by atoms with Crippen LogP contribution in [0, 0.1) is 0 Å². The molecule has 0 bridgehead atoms. The number of nitrogens with two attached hydrogens (primary N) is 1. The molecule has 0 aliphatic rings. The van der Waals surface area contributed by atoms with Crippen molar-refractivity contribution in [1.29, 1.82) is 0 Å². The Hall–Kier alpha value is -3.12. The average Bonchev–Trinajstić information content (AvgIpc) is 2.67. The lowest BCUT2D eigenvalue weighted by Crippen LogP contribution is -2.33. The number of halogens is 3. The summed E-state index contributed by atoms with van der Waals surface area (Å²) in [4.78, 5) is 22.8. The number of carbonyl (C=O) groups excluding carboxylic acids is 2. The first-order valence-electron chi connectivity index (χ1n) is 8.98. The Labute approximate surface area is 176 Å². The number of hydrogen-bond donors (Lipinski definition) is 2. The number of benzene rings is 2. The molecule has 3 N–H and O–H groups in total. The summed E-state index contributed by atoms with van der Waals surface area (Å²) in [5.74, 6) is -1.78. The highest BCUT2D eigenvalue weighted by Gasteiger charge is 2.32. The van der Waals surface area contributed by atoms with Gasteiger partial charge in [-0.3, -0.25) is 9.59 Å². The van der Waals surface area contributed by atoms with Gasteiger partial charge in [0.2, 0.25) is 21.8 Å². The van der Waals surface area contributed by atoms with E-state index in [0.29, 0.717) is 5.69 Å². The van der Waals surface area contributed by atoms with E-state index in [1.54, 1.807) is 0 Å². The maximum absolute atomic E-state index is 12.8. The molecule has 0 atom stereocenters.